The molecule has 1 unspecified atom stereocenters. The second-order valence-electron chi connectivity index (χ2n) is 17.4. The summed E-state index contributed by atoms with van der Waals surface area (Å²) in [5, 5.41) is 11.9. The average molecular weight is 937 g/mol. The summed E-state index contributed by atoms with van der Waals surface area (Å²) in [4.78, 5) is 30.8. The van der Waals surface area contributed by atoms with Gasteiger partial charge in [0.1, 0.15) is 17.2 Å². The Morgan fingerprint density at radius 1 is 0.906 bits per heavy atom. The SMILES string of the molecule is CC(C)c1nc(N(C)S(=O)(=O)CC(O)c2c(-c3ccc(F)cc3)nc([N-]S(C)(=O)=O)nc2C(C)C)nc(-c2ccc(F)cc2)c1/C=C/[C@@H]1C[C@H](CC(=O)OC(C)(C)C)OC(C)(C)O1.[Na+]. The Morgan fingerprint density at radius 2 is 1.45 bits per heavy atom. The molecule has 15 nitrogen and oxygen atoms in total. The number of aliphatic hydroxyl groups excluding tert-OH is 1. The minimum absolute atomic E-state index is 0. The molecule has 5 rings (SSSR count). The number of aliphatic hydroxyl groups is 1. The number of carbonyl (C=O) groups is 1. The molecular weight excluding hydrogens is 882 g/mol. The minimum atomic E-state index is -4.51. The molecule has 1 N–H and O–H groups in total. The van der Waals surface area contributed by atoms with Crippen molar-refractivity contribution in [3.05, 3.63) is 93.5 Å². The van der Waals surface area contributed by atoms with Crippen LogP contribution in [0.15, 0.2) is 54.6 Å². The van der Waals surface area contributed by atoms with Crippen molar-refractivity contribution in [3.8, 4) is 22.5 Å². The molecule has 0 aliphatic carbocycles. The molecule has 2 aromatic carbocycles. The van der Waals surface area contributed by atoms with E-state index in [-0.39, 0.29) is 76.1 Å². The van der Waals surface area contributed by atoms with Gasteiger partial charge in [0, 0.05) is 42.5 Å². The Kier molecular flexibility index (Phi) is 17.0. The van der Waals surface area contributed by atoms with E-state index in [1.54, 1.807) is 60.6 Å². The van der Waals surface area contributed by atoms with Gasteiger partial charge in [0.2, 0.25) is 16.0 Å². The summed E-state index contributed by atoms with van der Waals surface area (Å²) in [6.07, 6.45) is 1.86. The third-order valence-electron chi connectivity index (χ3n) is 9.58. The molecule has 4 aromatic rings. The molecule has 0 radical (unpaired) electrons. The van der Waals surface area contributed by atoms with Gasteiger partial charge < -0.3 is 29.3 Å². The van der Waals surface area contributed by atoms with Crippen molar-refractivity contribution in [1.82, 2.24) is 19.9 Å². The number of hydrogen-bond acceptors (Lipinski definition) is 13. The Balaban J connectivity index is 0.00000898. The zero-order valence-corrected chi connectivity index (χ0v) is 41.9. The van der Waals surface area contributed by atoms with Gasteiger partial charge in [0.15, 0.2) is 15.8 Å². The fraction of sp³-hybridized carbons (Fsp3) is 0.477. The number of ether oxygens (including phenoxy) is 3. The summed E-state index contributed by atoms with van der Waals surface area (Å²) in [7, 11) is -7.25. The number of nitrogens with zero attached hydrogens (tertiary/aromatic N) is 6. The number of halogens is 2. The fourth-order valence-corrected chi connectivity index (χ4v) is 8.49. The Labute approximate surface area is 396 Å². The number of esters is 1. The molecule has 1 saturated heterocycles. The van der Waals surface area contributed by atoms with Gasteiger partial charge in [-0.05, 0) is 99.7 Å². The van der Waals surface area contributed by atoms with Crippen LogP contribution in [-0.4, -0.2) is 90.5 Å². The molecule has 2 aromatic heterocycles. The monoisotopic (exact) mass is 936 g/mol. The first kappa shape index (κ1) is 52.7. The predicted octanol–water partition coefficient (Wildman–Crippen LogP) is 5.25. The van der Waals surface area contributed by atoms with Crippen LogP contribution in [0.5, 0.6) is 0 Å². The van der Waals surface area contributed by atoms with Gasteiger partial charge in [-0.25, -0.2) is 39.9 Å². The van der Waals surface area contributed by atoms with Crippen LogP contribution in [0.2, 0.25) is 0 Å². The van der Waals surface area contributed by atoms with Crippen molar-refractivity contribution in [2.45, 2.75) is 117 Å². The van der Waals surface area contributed by atoms with E-state index in [4.69, 9.17) is 24.2 Å². The number of sulfonamides is 2. The third kappa shape index (κ3) is 14.0. The van der Waals surface area contributed by atoms with E-state index < -0.39 is 85.0 Å². The molecular formula is C44H55F2N6NaO9S2. The Bertz CT molecular complexity index is 2560. The molecule has 0 bridgehead atoms. The van der Waals surface area contributed by atoms with Crippen molar-refractivity contribution in [2.24, 2.45) is 0 Å². The quantitative estimate of drug-likeness (QED) is 0.120. The topological polar surface area (TPSA) is 202 Å². The number of carbonyl (C=O) groups excluding carboxylic acids is 1. The van der Waals surface area contributed by atoms with Gasteiger partial charge in [-0.3, -0.25) is 9.52 Å². The second kappa shape index (κ2) is 20.7. The van der Waals surface area contributed by atoms with Gasteiger partial charge in [-0.15, -0.1) is 0 Å². The summed E-state index contributed by atoms with van der Waals surface area (Å²) in [5.74, 6) is -4.96. The van der Waals surface area contributed by atoms with Crippen molar-refractivity contribution < 1.29 is 79.3 Å². The Morgan fingerprint density at radius 3 is 1.97 bits per heavy atom. The van der Waals surface area contributed by atoms with Crippen molar-refractivity contribution in [3.63, 3.8) is 0 Å². The first-order valence-corrected chi connectivity index (χ1v) is 23.8. The summed E-state index contributed by atoms with van der Waals surface area (Å²) >= 11 is 0. The molecule has 3 atom stereocenters. The summed E-state index contributed by atoms with van der Waals surface area (Å²) in [5.41, 5.74) is 1.30. The van der Waals surface area contributed by atoms with Crippen LogP contribution >= 0.6 is 0 Å². The van der Waals surface area contributed by atoms with Crippen LogP contribution in [0.4, 0.5) is 20.7 Å². The van der Waals surface area contributed by atoms with E-state index in [9.17, 15) is 35.5 Å². The molecule has 20 heteroatoms. The van der Waals surface area contributed by atoms with Gasteiger partial charge >= 0.3 is 35.5 Å². The summed E-state index contributed by atoms with van der Waals surface area (Å²) in [6.45, 7) is 16.0. The number of rotatable bonds is 15. The molecule has 1 aliphatic rings. The third-order valence-corrected chi connectivity index (χ3v) is 11.8. The molecule has 1 aliphatic heterocycles. The molecule has 0 saturated carbocycles. The van der Waals surface area contributed by atoms with E-state index in [0.717, 1.165) is 22.7 Å². The van der Waals surface area contributed by atoms with Crippen molar-refractivity contribution in [1.29, 1.82) is 0 Å². The van der Waals surface area contributed by atoms with Crippen molar-refractivity contribution in [2.75, 3.05) is 23.4 Å². The number of anilines is 1. The second-order valence-corrected chi connectivity index (χ2v) is 21.1. The first-order valence-electron chi connectivity index (χ1n) is 20.3. The molecule has 342 valence electrons. The van der Waals surface area contributed by atoms with Crippen LogP contribution in [0.3, 0.4) is 0 Å². The fourth-order valence-electron chi connectivity index (χ4n) is 6.99. The smallest absolute Gasteiger partial charge is 0.460 e. The van der Waals surface area contributed by atoms with Crippen LogP contribution < -0.4 is 33.9 Å². The summed E-state index contributed by atoms with van der Waals surface area (Å²) in [6, 6.07) is 10.5. The molecule has 1 fully saturated rings. The van der Waals surface area contributed by atoms with E-state index in [2.05, 4.69) is 14.7 Å². The van der Waals surface area contributed by atoms with E-state index in [1.165, 1.54) is 43.4 Å². The molecule has 0 amide bonds. The maximum absolute atomic E-state index is 14.4. The van der Waals surface area contributed by atoms with Crippen LogP contribution in [0, 0.1) is 11.6 Å². The van der Waals surface area contributed by atoms with E-state index in [0.29, 0.717) is 23.2 Å². The van der Waals surface area contributed by atoms with Crippen molar-refractivity contribution >= 4 is 44.0 Å². The predicted molar refractivity (Wildman–Crippen MR) is 236 cm³/mol. The van der Waals surface area contributed by atoms with Crippen LogP contribution in [0.1, 0.15) is 116 Å². The first-order chi connectivity index (χ1) is 29.1. The average Bonchev–Trinajstić information content (AvgIpc) is 3.14. The number of aromatic nitrogens is 4. The number of benzene rings is 2. The van der Waals surface area contributed by atoms with Gasteiger partial charge in [0.05, 0.1) is 41.9 Å². The van der Waals surface area contributed by atoms with Gasteiger partial charge in [-0.2, -0.15) is 0 Å². The number of hydrogen-bond donors (Lipinski definition) is 1. The standard InChI is InChI=1S/C44H55F2N6O9S2.Na/c1-25(2)37-33(21-20-31-22-32(60-44(8,9)59-31)23-35(54)61-43(5,6)7)39(27-12-16-29(45)17-13-27)50-42(49-37)52(10)63(57,58)24-34(53)36-38(26(3)4)47-41(51-62(11,55)56)48-40(36)28-14-18-30(46)19-15-28;/h12-21,25-26,31-32,34,53H,22-24H2,1-11H3;/q-1;+1/b21-20+;/t31-,32-,34?;/m1./s1. The molecule has 64 heavy (non-hydrogen) atoms. The normalized spacial score (nSPS) is 17.3. The largest absolute Gasteiger partial charge is 1.00 e. The zero-order chi connectivity index (χ0) is 46.8. The molecule has 0 spiro atoms. The maximum Gasteiger partial charge on any atom is 1.00 e. The van der Waals surface area contributed by atoms with Gasteiger partial charge in [-0.1, -0.05) is 52.0 Å². The Hall–Kier alpha value is -3.95. The van der Waals surface area contributed by atoms with Crippen LogP contribution in [0.25, 0.3) is 33.3 Å². The van der Waals surface area contributed by atoms with Crippen LogP contribution in [-0.2, 0) is 39.1 Å². The van der Waals surface area contributed by atoms with Gasteiger partial charge in [0.25, 0.3) is 0 Å². The minimum Gasteiger partial charge on any atom is -0.460 e. The summed E-state index contributed by atoms with van der Waals surface area (Å²) < 4.78 is 104. The maximum atomic E-state index is 14.4. The molecule has 3 heterocycles. The van der Waals surface area contributed by atoms with E-state index >= 15 is 0 Å². The van der Waals surface area contributed by atoms with E-state index in [1.807, 2.05) is 13.8 Å². The zero-order valence-electron chi connectivity index (χ0n) is 38.3.